The Morgan fingerprint density at radius 2 is 1.83 bits per heavy atom. The molecular weight excluding hydrogens is 284 g/mol. The zero-order valence-corrected chi connectivity index (χ0v) is 14.5. The van der Waals surface area contributed by atoms with Crippen LogP contribution < -0.4 is 0 Å². The summed E-state index contributed by atoms with van der Waals surface area (Å²) in [6.07, 6.45) is 7.07. The first-order valence-corrected chi connectivity index (χ1v) is 8.48. The average molecular weight is 312 g/mol. The van der Waals surface area contributed by atoms with Crippen LogP contribution in [-0.2, 0) is 4.74 Å². The van der Waals surface area contributed by atoms with E-state index in [9.17, 15) is 0 Å². The molecule has 3 heteroatoms. The maximum absolute atomic E-state index is 6.24. The van der Waals surface area contributed by atoms with Gasteiger partial charge in [-0.15, -0.1) is 0 Å². The molecule has 0 saturated heterocycles. The molecule has 3 nitrogen and oxygen atoms in total. The molecular formula is C20H28N2O. The third-order valence-corrected chi connectivity index (χ3v) is 3.92. The molecule has 23 heavy (non-hydrogen) atoms. The van der Waals surface area contributed by atoms with Crippen molar-refractivity contribution in [2.45, 2.75) is 32.3 Å². The van der Waals surface area contributed by atoms with Gasteiger partial charge in [0.1, 0.15) is 0 Å². The Morgan fingerprint density at radius 3 is 2.52 bits per heavy atom. The maximum Gasteiger partial charge on any atom is 0.0830 e. The summed E-state index contributed by atoms with van der Waals surface area (Å²) in [6, 6.07) is 12.7. The van der Waals surface area contributed by atoms with Gasteiger partial charge in [-0.3, -0.25) is 4.98 Å². The lowest BCUT2D eigenvalue weighted by Gasteiger charge is -2.21. The van der Waals surface area contributed by atoms with Gasteiger partial charge in [-0.25, -0.2) is 0 Å². The Hall–Kier alpha value is -1.71. The van der Waals surface area contributed by atoms with Gasteiger partial charge < -0.3 is 9.64 Å². The molecule has 1 aromatic heterocycles. The monoisotopic (exact) mass is 312 g/mol. The summed E-state index contributed by atoms with van der Waals surface area (Å²) in [4.78, 5) is 6.32. The molecule has 0 fully saturated rings. The van der Waals surface area contributed by atoms with Crippen molar-refractivity contribution in [2.75, 3.05) is 27.2 Å². The van der Waals surface area contributed by atoms with Crippen molar-refractivity contribution in [1.29, 1.82) is 0 Å². The van der Waals surface area contributed by atoms with Gasteiger partial charge in [-0.1, -0.05) is 37.6 Å². The predicted octanol–water partition coefficient (Wildman–Crippen LogP) is 4.56. The Balaban J connectivity index is 2.15. The highest BCUT2D eigenvalue weighted by molar-refractivity contribution is 5.67. The fourth-order valence-electron chi connectivity index (χ4n) is 2.77. The standard InChI is InChI=1S/C20H28N2O/c1-4-8-20(23-16-7-15-22(2)3)19-10-6-5-9-18(19)17-11-13-21-14-12-17/h5-6,9-14,20H,4,7-8,15-16H2,1-3H3. The fraction of sp³-hybridized carbons (Fsp3) is 0.450. The van der Waals surface area contributed by atoms with E-state index in [2.05, 4.69) is 67.3 Å². The second-order valence-electron chi connectivity index (χ2n) is 6.13. The third kappa shape index (κ3) is 5.45. The molecule has 2 aromatic rings. The third-order valence-electron chi connectivity index (χ3n) is 3.92. The highest BCUT2D eigenvalue weighted by atomic mass is 16.5. The molecule has 0 amide bonds. The molecule has 2 rings (SSSR count). The summed E-state index contributed by atoms with van der Waals surface area (Å²) in [6.45, 7) is 4.07. The van der Waals surface area contributed by atoms with Crippen LogP contribution in [0.3, 0.4) is 0 Å². The van der Waals surface area contributed by atoms with Crippen molar-refractivity contribution >= 4 is 0 Å². The molecule has 0 radical (unpaired) electrons. The van der Waals surface area contributed by atoms with Crippen LogP contribution in [0, 0.1) is 0 Å². The van der Waals surface area contributed by atoms with Crippen molar-refractivity contribution in [3.63, 3.8) is 0 Å². The Kier molecular flexibility index (Phi) is 7.24. The second kappa shape index (κ2) is 9.43. The molecule has 124 valence electrons. The molecule has 0 aliphatic heterocycles. The fourth-order valence-corrected chi connectivity index (χ4v) is 2.77. The van der Waals surface area contributed by atoms with Gasteiger partial charge in [-0.2, -0.15) is 0 Å². The summed E-state index contributed by atoms with van der Waals surface area (Å²) in [5.74, 6) is 0. The van der Waals surface area contributed by atoms with E-state index in [1.165, 1.54) is 16.7 Å². The van der Waals surface area contributed by atoms with Crippen molar-refractivity contribution in [3.8, 4) is 11.1 Å². The van der Waals surface area contributed by atoms with Gasteiger partial charge in [0.2, 0.25) is 0 Å². The first-order valence-electron chi connectivity index (χ1n) is 8.48. The van der Waals surface area contributed by atoms with E-state index in [0.29, 0.717) is 0 Å². The number of aromatic nitrogens is 1. The van der Waals surface area contributed by atoms with Gasteiger partial charge in [0.05, 0.1) is 6.10 Å². The first-order chi connectivity index (χ1) is 11.2. The van der Waals surface area contributed by atoms with Crippen molar-refractivity contribution in [3.05, 3.63) is 54.4 Å². The number of benzene rings is 1. The average Bonchev–Trinajstić information content (AvgIpc) is 2.58. The molecule has 0 N–H and O–H groups in total. The van der Waals surface area contributed by atoms with Crippen LogP contribution >= 0.6 is 0 Å². The number of nitrogens with zero attached hydrogens (tertiary/aromatic N) is 2. The van der Waals surface area contributed by atoms with Gasteiger partial charge in [0.15, 0.2) is 0 Å². The number of hydrogen-bond donors (Lipinski definition) is 0. The van der Waals surface area contributed by atoms with Crippen LogP contribution in [0.2, 0.25) is 0 Å². The Morgan fingerprint density at radius 1 is 1.09 bits per heavy atom. The molecule has 1 unspecified atom stereocenters. The number of rotatable bonds is 9. The topological polar surface area (TPSA) is 25.4 Å². The quantitative estimate of drug-likeness (QED) is 0.635. The van der Waals surface area contributed by atoms with Crippen LogP contribution in [0.5, 0.6) is 0 Å². The summed E-state index contributed by atoms with van der Waals surface area (Å²) in [5.41, 5.74) is 3.74. The summed E-state index contributed by atoms with van der Waals surface area (Å²) in [5, 5.41) is 0. The number of pyridine rings is 1. The minimum absolute atomic E-state index is 0.159. The molecule has 1 heterocycles. The van der Waals surface area contributed by atoms with Crippen molar-refractivity contribution < 1.29 is 4.74 Å². The second-order valence-corrected chi connectivity index (χ2v) is 6.13. The smallest absolute Gasteiger partial charge is 0.0830 e. The van der Waals surface area contributed by atoms with Gasteiger partial charge in [0, 0.05) is 19.0 Å². The molecule has 0 aliphatic rings. The van der Waals surface area contributed by atoms with E-state index in [-0.39, 0.29) is 6.10 Å². The largest absolute Gasteiger partial charge is 0.373 e. The lowest BCUT2D eigenvalue weighted by atomic mass is 9.95. The van der Waals surface area contributed by atoms with E-state index in [1.807, 2.05) is 12.4 Å². The molecule has 0 bridgehead atoms. The Labute approximate surface area is 140 Å². The van der Waals surface area contributed by atoms with E-state index >= 15 is 0 Å². The molecule has 0 spiro atoms. The SMILES string of the molecule is CCCC(OCCCN(C)C)c1ccccc1-c1ccncc1. The minimum atomic E-state index is 0.159. The van der Waals surface area contributed by atoms with E-state index in [0.717, 1.165) is 32.4 Å². The number of hydrogen-bond acceptors (Lipinski definition) is 3. The lowest BCUT2D eigenvalue weighted by molar-refractivity contribution is 0.0421. The van der Waals surface area contributed by atoms with Crippen molar-refractivity contribution in [2.24, 2.45) is 0 Å². The van der Waals surface area contributed by atoms with E-state index < -0.39 is 0 Å². The van der Waals surface area contributed by atoms with Crippen LogP contribution in [-0.4, -0.2) is 37.1 Å². The molecule has 1 aromatic carbocycles. The summed E-state index contributed by atoms with van der Waals surface area (Å²) < 4.78 is 6.24. The van der Waals surface area contributed by atoms with E-state index in [4.69, 9.17) is 4.74 Å². The molecule has 1 atom stereocenters. The van der Waals surface area contributed by atoms with Gasteiger partial charge in [0.25, 0.3) is 0 Å². The van der Waals surface area contributed by atoms with Crippen LogP contribution in [0.1, 0.15) is 37.9 Å². The highest BCUT2D eigenvalue weighted by Crippen LogP contribution is 2.32. The van der Waals surface area contributed by atoms with Crippen molar-refractivity contribution in [1.82, 2.24) is 9.88 Å². The lowest BCUT2D eigenvalue weighted by Crippen LogP contribution is -2.16. The van der Waals surface area contributed by atoms with Crippen LogP contribution in [0.25, 0.3) is 11.1 Å². The molecule has 0 saturated carbocycles. The minimum Gasteiger partial charge on any atom is -0.373 e. The zero-order valence-electron chi connectivity index (χ0n) is 14.5. The normalized spacial score (nSPS) is 12.5. The number of ether oxygens (including phenoxy) is 1. The predicted molar refractivity (Wildman–Crippen MR) is 96.4 cm³/mol. The highest BCUT2D eigenvalue weighted by Gasteiger charge is 2.15. The summed E-state index contributed by atoms with van der Waals surface area (Å²) in [7, 11) is 4.20. The van der Waals surface area contributed by atoms with Crippen LogP contribution in [0.15, 0.2) is 48.8 Å². The maximum atomic E-state index is 6.24. The van der Waals surface area contributed by atoms with Crippen LogP contribution in [0.4, 0.5) is 0 Å². The van der Waals surface area contributed by atoms with E-state index in [1.54, 1.807) is 0 Å². The molecule has 0 aliphatic carbocycles. The Bertz CT molecular complexity index is 569. The zero-order chi connectivity index (χ0) is 16.5. The summed E-state index contributed by atoms with van der Waals surface area (Å²) >= 11 is 0. The first kappa shape index (κ1) is 17.6. The van der Waals surface area contributed by atoms with Gasteiger partial charge >= 0.3 is 0 Å². The van der Waals surface area contributed by atoms with Gasteiger partial charge in [-0.05, 0) is 62.3 Å².